The van der Waals surface area contributed by atoms with Gasteiger partial charge in [-0.3, -0.25) is 4.79 Å². The monoisotopic (exact) mass is 430 g/mol. The Kier molecular flexibility index (Phi) is 8.70. The van der Waals surface area contributed by atoms with E-state index in [0.717, 1.165) is 17.8 Å². The van der Waals surface area contributed by atoms with Crippen molar-refractivity contribution in [1.29, 1.82) is 0 Å². The van der Waals surface area contributed by atoms with Gasteiger partial charge < -0.3 is 20.1 Å². The molecule has 1 aromatic heterocycles. The van der Waals surface area contributed by atoms with E-state index in [9.17, 15) is 4.79 Å². The van der Waals surface area contributed by atoms with Crippen LogP contribution in [0.15, 0.2) is 54.7 Å². The van der Waals surface area contributed by atoms with Crippen LogP contribution >= 0.6 is 12.4 Å². The fourth-order valence-corrected chi connectivity index (χ4v) is 2.98. The van der Waals surface area contributed by atoms with Crippen molar-refractivity contribution in [2.24, 2.45) is 0 Å². The lowest BCUT2D eigenvalue weighted by Crippen LogP contribution is -2.31. The Bertz CT molecular complexity index is 960. The largest absolute Gasteiger partial charge is 0.497 e. The number of nitrogens with zero attached hydrogens (tertiary/aromatic N) is 2. The number of hydrogen-bond acceptors (Lipinski definition) is 5. The highest BCUT2D eigenvalue weighted by Crippen LogP contribution is 2.34. The minimum Gasteiger partial charge on any atom is -0.497 e. The molecule has 0 aliphatic carbocycles. The molecule has 0 saturated carbocycles. The second-order valence-corrected chi connectivity index (χ2v) is 6.35. The quantitative estimate of drug-likeness (QED) is 0.509. The van der Waals surface area contributed by atoms with Crippen LogP contribution < -0.4 is 20.1 Å². The summed E-state index contributed by atoms with van der Waals surface area (Å²) in [5.41, 5.74) is 2.62. The average molecular weight is 431 g/mol. The van der Waals surface area contributed by atoms with Crippen LogP contribution in [0, 0.1) is 0 Å². The van der Waals surface area contributed by atoms with Gasteiger partial charge in [-0.05, 0) is 30.8 Å². The summed E-state index contributed by atoms with van der Waals surface area (Å²) in [6.07, 6.45) is 1.75. The lowest BCUT2D eigenvalue weighted by molar-refractivity contribution is 0.0954. The van der Waals surface area contributed by atoms with Gasteiger partial charge in [0.05, 0.1) is 25.5 Å². The number of rotatable bonds is 9. The van der Waals surface area contributed by atoms with Crippen LogP contribution in [-0.4, -0.2) is 49.5 Å². The van der Waals surface area contributed by atoms with Crippen molar-refractivity contribution in [2.45, 2.75) is 6.92 Å². The Hall–Kier alpha value is -3.03. The molecule has 3 aromatic rings. The zero-order valence-corrected chi connectivity index (χ0v) is 18.2. The molecule has 0 fully saturated rings. The maximum absolute atomic E-state index is 12.9. The first-order valence-electron chi connectivity index (χ1n) is 9.54. The summed E-state index contributed by atoms with van der Waals surface area (Å²) >= 11 is 0. The van der Waals surface area contributed by atoms with Crippen molar-refractivity contribution in [1.82, 2.24) is 20.4 Å². The number of ether oxygens (including phenoxy) is 2. The van der Waals surface area contributed by atoms with E-state index in [1.807, 2.05) is 49.4 Å². The normalized spacial score (nSPS) is 10.2. The van der Waals surface area contributed by atoms with Gasteiger partial charge in [0.2, 0.25) is 0 Å². The molecular formula is C22H27ClN4O3. The smallest absolute Gasteiger partial charge is 0.255 e. The molecule has 0 saturated heterocycles. The topological polar surface area (TPSA) is 77.4 Å². The molecule has 0 aliphatic heterocycles. The summed E-state index contributed by atoms with van der Waals surface area (Å²) in [7, 11) is 3.18. The molecule has 0 bridgehead atoms. The van der Waals surface area contributed by atoms with Crippen molar-refractivity contribution in [2.75, 3.05) is 33.9 Å². The molecule has 7 nitrogen and oxygen atoms in total. The SMILES string of the molecule is CCNCCNC(=O)c1cn(-c2ccccc2)nc1-c1ccc(OC)cc1OC.Cl. The number of para-hydroxylation sites is 1. The van der Waals surface area contributed by atoms with E-state index in [0.29, 0.717) is 35.8 Å². The van der Waals surface area contributed by atoms with Crippen molar-refractivity contribution < 1.29 is 14.3 Å². The van der Waals surface area contributed by atoms with Gasteiger partial charge in [0, 0.05) is 30.9 Å². The molecule has 0 atom stereocenters. The van der Waals surface area contributed by atoms with Gasteiger partial charge in [0.25, 0.3) is 5.91 Å². The molecule has 2 N–H and O–H groups in total. The molecule has 0 aliphatic rings. The van der Waals surface area contributed by atoms with Gasteiger partial charge in [0.1, 0.15) is 17.2 Å². The number of halogens is 1. The number of amides is 1. The van der Waals surface area contributed by atoms with E-state index < -0.39 is 0 Å². The second kappa shape index (κ2) is 11.2. The number of carbonyl (C=O) groups is 1. The molecular weight excluding hydrogens is 404 g/mol. The minimum absolute atomic E-state index is 0. The van der Waals surface area contributed by atoms with Crippen molar-refractivity contribution in [3.05, 3.63) is 60.3 Å². The van der Waals surface area contributed by atoms with E-state index >= 15 is 0 Å². The third-order valence-corrected chi connectivity index (χ3v) is 4.48. The highest BCUT2D eigenvalue weighted by Gasteiger charge is 2.21. The van der Waals surface area contributed by atoms with E-state index in [2.05, 4.69) is 10.6 Å². The molecule has 1 amide bonds. The predicted octanol–water partition coefficient (Wildman–Crippen LogP) is 3.32. The molecule has 1 heterocycles. The summed E-state index contributed by atoms with van der Waals surface area (Å²) in [6.45, 7) is 4.12. The number of methoxy groups -OCH3 is 2. The number of aromatic nitrogens is 2. The van der Waals surface area contributed by atoms with Crippen LogP contribution in [0.5, 0.6) is 11.5 Å². The summed E-state index contributed by atoms with van der Waals surface area (Å²) < 4.78 is 12.5. The number of hydrogen-bond donors (Lipinski definition) is 2. The zero-order valence-electron chi connectivity index (χ0n) is 17.3. The van der Waals surface area contributed by atoms with Crippen LogP contribution in [0.4, 0.5) is 0 Å². The standard InChI is InChI=1S/C22H26N4O3.ClH/c1-4-23-12-13-24-22(27)19-15-26(16-8-6-5-7-9-16)25-21(19)18-11-10-17(28-2)14-20(18)29-3;/h5-11,14-15,23H,4,12-13H2,1-3H3,(H,24,27);1H. The van der Waals surface area contributed by atoms with Gasteiger partial charge in [-0.15, -0.1) is 12.4 Å². The molecule has 2 aromatic carbocycles. The van der Waals surface area contributed by atoms with Crippen LogP contribution in [0.3, 0.4) is 0 Å². The van der Waals surface area contributed by atoms with E-state index in [1.165, 1.54) is 0 Å². The van der Waals surface area contributed by atoms with Crippen molar-refractivity contribution in [3.8, 4) is 28.4 Å². The lowest BCUT2D eigenvalue weighted by atomic mass is 10.1. The maximum atomic E-state index is 12.9. The van der Waals surface area contributed by atoms with Gasteiger partial charge in [-0.1, -0.05) is 25.1 Å². The van der Waals surface area contributed by atoms with Crippen LogP contribution in [0.25, 0.3) is 16.9 Å². The summed E-state index contributed by atoms with van der Waals surface area (Å²) in [5, 5.41) is 10.8. The van der Waals surface area contributed by atoms with Crippen molar-refractivity contribution >= 4 is 18.3 Å². The fraction of sp³-hybridized carbons (Fsp3) is 0.273. The molecule has 0 spiro atoms. The van der Waals surface area contributed by atoms with Gasteiger partial charge in [0.15, 0.2) is 0 Å². The average Bonchev–Trinajstić information content (AvgIpc) is 3.22. The highest BCUT2D eigenvalue weighted by atomic mass is 35.5. The van der Waals surface area contributed by atoms with Gasteiger partial charge in [-0.25, -0.2) is 4.68 Å². The first-order chi connectivity index (χ1) is 14.2. The summed E-state index contributed by atoms with van der Waals surface area (Å²) in [4.78, 5) is 12.9. The van der Waals surface area contributed by atoms with E-state index in [1.54, 1.807) is 31.2 Å². The Morgan fingerprint density at radius 3 is 2.50 bits per heavy atom. The molecule has 0 radical (unpaired) electrons. The van der Waals surface area contributed by atoms with E-state index in [4.69, 9.17) is 14.6 Å². The Labute approximate surface area is 182 Å². The zero-order chi connectivity index (χ0) is 20.6. The van der Waals surface area contributed by atoms with Crippen LogP contribution in [-0.2, 0) is 0 Å². The van der Waals surface area contributed by atoms with Gasteiger partial charge in [-0.2, -0.15) is 5.10 Å². The number of nitrogens with one attached hydrogen (secondary N) is 2. The Morgan fingerprint density at radius 2 is 1.83 bits per heavy atom. The number of carbonyl (C=O) groups excluding carboxylic acids is 1. The lowest BCUT2D eigenvalue weighted by Gasteiger charge is -2.10. The molecule has 0 unspecified atom stereocenters. The molecule has 3 rings (SSSR count). The first kappa shape index (κ1) is 23.3. The first-order valence-corrected chi connectivity index (χ1v) is 9.54. The predicted molar refractivity (Wildman–Crippen MR) is 120 cm³/mol. The third-order valence-electron chi connectivity index (χ3n) is 4.48. The van der Waals surface area contributed by atoms with E-state index in [-0.39, 0.29) is 18.3 Å². The molecule has 30 heavy (non-hydrogen) atoms. The Morgan fingerprint density at radius 1 is 1.07 bits per heavy atom. The number of likely N-dealkylation sites (N-methyl/N-ethyl adjacent to an activating group) is 1. The van der Waals surface area contributed by atoms with Crippen molar-refractivity contribution in [3.63, 3.8) is 0 Å². The second-order valence-electron chi connectivity index (χ2n) is 6.35. The fourth-order valence-electron chi connectivity index (χ4n) is 2.98. The summed E-state index contributed by atoms with van der Waals surface area (Å²) in [6, 6.07) is 15.1. The highest BCUT2D eigenvalue weighted by molar-refractivity contribution is 6.00. The maximum Gasteiger partial charge on any atom is 0.255 e. The molecule has 8 heteroatoms. The van der Waals surface area contributed by atoms with Crippen LogP contribution in [0.1, 0.15) is 17.3 Å². The third kappa shape index (κ3) is 5.31. The minimum atomic E-state index is -0.182. The number of benzene rings is 2. The Balaban J connectivity index is 0.00000320. The van der Waals surface area contributed by atoms with Crippen LogP contribution in [0.2, 0.25) is 0 Å². The molecule has 160 valence electrons. The summed E-state index contributed by atoms with van der Waals surface area (Å²) in [5.74, 6) is 1.08. The van der Waals surface area contributed by atoms with Gasteiger partial charge >= 0.3 is 0 Å².